The molecule has 1 aliphatic heterocycles. The van der Waals surface area contributed by atoms with Crippen LogP contribution in [0.1, 0.15) is 50.0 Å². The van der Waals surface area contributed by atoms with Gasteiger partial charge in [0.1, 0.15) is 0 Å². The van der Waals surface area contributed by atoms with Crippen molar-refractivity contribution in [2.45, 2.75) is 40.5 Å². The molecule has 0 unspecified atom stereocenters. The molecule has 8 nitrogen and oxygen atoms in total. The molecule has 0 saturated carbocycles. The van der Waals surface area contributed by atoms with Crippen molar-refractivity contribution in [2.75, 3.05) is 26.6 Å². The predicted octanol–water partition coefficient (Wildman–Crippen LogP) is 4.35. The molecular weight excluding hydrogens is 412 g/mol. The van der Waals surface area contributed by atoms with Crippen LogP contribution in [-0.4, -0.2) is 38.2 Å². The molecule has 1 heterocycles. The summed E-state index contributed by atoms with van der Waals surface area (Å²) in [6.45, 7) is 9.09. The average molecular weight is 443 g/mol. The van der Waals surface area contributed by atoms with Crippen LogP contribution in [-0.2, 0) is 6.42 Å². The number of benzene rings is 2. The lowest BCUT2D eigenvalue weighted by Crippen LogP contribution is -2.19. The van der Waals surface area contributed by atoms with E-state index in [0.29, 0.717) is 49.1 Å². The van der Waals surface area contributed by atoms with E-state index in [4.69, 9.17) is 23.7 Å². The zero-order valence-corrected chi connectivity index (χ0v) is 19.0. The fourth-order valence-corrected chi connectivity index (χ4v) is 3.21. The Morgan fingerprint density at radius 3 is 2.28 bits per heavy atom. The number of nitrogens with zero attached hydrogens (tertiary/aromatic N) is 1. The summed E-state index contributed by atoms with van der Waals surface area (Å²) in [5.41, 5.74) is 4.92. The maximum absolute atomic E-state index is 12.7. The van der Waals surface area contributed by atoms with Crippen LogP contribution in [0.25, 0.3) is 0 Å². The number of ether oxygens (including phenoxy) is 5. The molecule has 0 atom stereocenters. The van der Waals surface area contributed by atoms with E-state index in [0.717, 1.165) is 29.2 Å². The summed E-state index contributed by atoms with van der Waals surface area (Å²) in [5.74, 6) is 2.60. The smallest absolute Gasteiger partial charge is 0.271 e. The van der Waals surface area contributed by atoms with Crippen molar-refractivity contribution in [3.05, 3.63) is 41.5 Å². The molecule has 0 saturated heterocycles. The number of hydrogen-bond donors (Lipinski definition) is 1. The average Bonchev–Trinajstić information content (AvgIpc) is 3.26. The number of fused-ring (bicyclic) bond motifs is 1. The van der Waals surface area contributed by atoms with Crippen LogP contribution < -0.4 is 29.1 Å². The quantitative estimate of drug-likeness (QED) is 0.411. The first kappa shape index (κ1) is 23.2. The third-order valence-electron chi connectivity index (χ3n) is 4.73. The largest absolute Gasteiger partial charge is 0.490 e. The number of hydrazone groups is 1. The van der Waals surface area contributed by atoms with Crippen LogP contribution in [0.5, 0.6) is 28.7 Å². The molecule has 0 aromatic heterocycles. The van der Waals surface area contributed by atoms with E-state index in [-0.39, 0.29) is 12.7 Å². The third kappa shape index (κ3) is 5.84. The fourth-order valence-electron chi connectivity index (χ4n) is 3.21. The Kier molecular flexibility index (Phi) is 8.19. The summed E-state index contributed by atoms with van der Waals surface area (Å²) >= 11 is 0. The molecule has 1 N–H and O–H groups in total. The highest BCUT2D eigenvalue weighted by atomic mass is 16.7. The van der Waals surface area contributed by atoms with Gasteiger partial charge in [0, 0.05) is 11.3 Å². The van der Waals surface area contributed by atoms with Crippen LogP contribution in [0.2, 0.25) is 0 Å². The van der Waals surface area contributed by atoms with E-state index >= 15 is 0 Å². The summed E-state index contributed by atoms with van der Waals surface area (Å²) in [6, 6.07) is 9.17. The van der Waals surface area contributed by atoms with Gasteiger partial charge in [0.2, 0.25) is 12.5 Å². The number of rotatable bonds is 11. The second kappa shape index (κ2) is 11.3. The van der Waals surface area contributed by atoms with Gasteiger partial charge in [-0.05, 0) is 70.4 Å². The number of amides is 1. The normalized spacial score (nSPS) is 12.4. The van der Waals surface area contributed by atoms with Gasteiger partial charge >= 0.3 is 0 Å². The van der Waals surface area contributed by atoms with E-state index in [1.54, 1.807) is 12.1 Å². The van der Waals surface area contributed by atoms with Gasteiger partial charge in [-0.2, -0.15) is 5.10 Å². The number of hydrogen-bond acceptors (Lipinski definition) is 7. The molecule has 1 aliphatic rings. The summed E-state index contributed by atoms with van der Waals surface area (Å²) < 4.78 is 27.8. The van der Waals surface area contributed by atoms with Crippen molar-refractivity contribution in [2.24, 2.45) is 5.10 Å². The Labute approximate surface area is 188 Å². The zero-order valence-electron chi connectivity index (χ0n) is 19.0. The van der Waals surface area contributed by atoms with Crippen molar-refractivity contribution in [3.8, 4) is 28.7 Å². The van der Waals surface area contributed by atoms with Crippen molar-refractivity contribution < 1.29 is 28.5 Å². The molecule has 32 heavy (non-hydrogen) atoms. The minimum absolute atomic E-state index is 0.257. The standard InChI is InChI=1S/C24H30N2O6/c1-5-28-21-13-18(14-22(29-6-2)23(21)30-7-3)24(27)26-25-16(4)8-9-17-10-11-19-20(12-17)32-15-31-19/h10-14H,5-9,15H2,1-4H3,(H,26,27)/b25-16+. The minimum Gasteiger partial charge on any atom is -0.490 e. The van der Waals surface area contributed by atoms with Gasteiger partial charge in [-0.15, -0.1) is 0 Å². The van der Waals surface area contributed by atoms with Crippen LogP contribution in [0.15, 0.2) is 35.4 Å². The Hall–Kier alpha value is -3.42. The summed E-state index contributed by atoms with van der Waals surface area (Å²) in [6.07, 6.45) is 1.46. The number of carbonyl (C=O) groups excluding carboxylic acids is 1. The zero-order chi connectivity index (χ0) is 22.9. The van der Waals surface area contributed by atoms with E-state index in [1.807, 2.05) is 45.9 Å². The lowest BCUT2D eigenvalue weighted by Gasteiger charge is -2.16. The van der Waals surface area contributed by atoms with Crippen molar-refractivity contribution in [3.63, 3.8) is 0 Å². The van der Waals surface area contributed by atoms with Gasteiger partial charge in [-0.1, -0.05) is 6.07 Å². The number of aryl methyl sites for hydroxylation is 1. The minimum atomic E-state index is -0.350. The van der Waals surface area contributed by atoms with E-state index in [2.05, 4.69) is 10.5 Å². The first-order valence-corrected chi connectivity index (χ1v) is 10.8. The molecule has 172 valence electrons. The van der Waals surface area contributed by atoms with Gasteiger partial charge in [0.15, 0.2) is 23.0 Å². The Bertz CT molecular complexity index is 946. The molecule has 0 bridgehead atoms. The fraction of sp³-hybridized carbons (Fsp3) is 0.417. The predicted molar refractivity (Wildman–Crippen MR) is 121 cm³/mol. The lowest BCUT2D eigenvalue weighted by molar-refractivity contribution is 0.0953. The SMILES string of the molecule is CCOc1cc(C(=O)N/N=C(\C)CCc2ccc3c(c2)OCO3)cc(OCC)c1OCC. The molecular formula is C24H30N2O6. The van der Waals surface area contributed by atoms with Gasteiger partial charge in [0.25, 0.3) is 5.91 Å². The highest BCUT2D eigenvalue weighted by Crippen LogP contribution is 2.39. The van der Waals surface area contributed by atoms with Gasteiger partial charge in [0.05, 0.1) is 19.8 Å². The van der Waals surface area contributed by atoms with Crippen molar-refractivity contribution in [1.82, 2.24) is 5.43 Å². The van der Waals surface area contributed by atoms with E-state index in [9.17, 15) is 4.79 Å². The monoisotopic (exact) mass is 442 g/mol. The van der Waals surface area contributed by atoms with Gasteiger partial charge in [-0.25, -0.2) is 5.43 Å². The first-order chi connectivity index (χ1) is 15.5. The maximum Gasteiger partial charge on any atom is 0.271 e. The highest BCUT2D eigenvalue weighted by molar-refractivity contribution is 5.96. The van der Waals surface area contributed by atoms with Crippen molar-refractivity contribution in [1.29, 1.82) is 0 Å². The maximum atomic E-state index is 12.7. The van der Waals surface area contributed by atoms with Gasteiger partial charge < -0.3 is 23.7 Å². The van der Waals surface area contributed by atoms with Crippen LogP contribution in [0.3, 0.4) is 0 Å². The third-order valence-corrected chi connectivity index (χ3v) is 4.73. The highest BCUT2D eigenvalue weighted by Gasteiger charge is 2.18. The number of nitrogens with one attached hydrogen (secondary N) is 1. The molecule has 0 fully saturated rings. The second-order valence-corrected chi connectivity index (χ2v) is 7.08. The lowest BCUT2D eigenvalue weighted by atomic mass is 10.1. The van der Waals surface area contributed by atoms with Crippen LogP contribution in [0, 0.1) is 0 Å². The first-order valence-electron chi connectivity index (χ1n) is 10.8. The van der Waals surface area contributed by atoms with Gasteiger partial charge in [-0.3, -0.25) is 4.79 Å². The molecule has 1 amide bonds. The molecule has 0 radical (unpaired) electrons. The molecule has 2 aromatic carbocycles. The molecule has 0 aliphatic carbocycles. The van der Waals surface area contributed by atoms with E-state index in [1.165, 1.54) is 0 Å². The summed E-state index contributed by atoms with van der Waals surface area (Å²) in [7, 11) is 0. The van der Waals surface area contributed by atoms with E-state index < -0.39 is 0 Å². The van der Waals surface area contributed by atoms with Crippen molar-refractivity contribution >= 4 is 11.6 Å². The molecule has 3 rings (SSSR count). The van der Waals surface area contributed by atoms with Crippen LogP contribution in [0.4, 0.5) is 0 Å². The molecule has 8 heteroatoms. The topological polar surface area (TPSA) is 87.6 Å². The van der Waals surface area contributed by atoms with Crippen LogP contribution >= 0.6 is 0 Å². The Morgan fingerprint density at radius 2 is 1.62 bits per heavy atom. The Morgan fingerprint density at radius 1 is 0.969 bits per heavy atom. The number of carbonyl (C=O) groups is 1. The molecule has 0 spiro atoms. The second-order valence-electron chi connectivity index (χ2n) is 7.08. The Balaban J connectivity index is 1.66. The summed E-state index contributed by atoms with van der Waals surface area (Å²) in [5, 5.41) is 4.25. The molecule has 2 aromatic rings. The summed E-state index contributed by atoms with van der Waals surface area (Å²) in [4.78, 5) is 12.7.